The van der Waals surface area contributed by atoms with Gasteiger partial charge in [-0.05, 0) is 0 Å². The van der Waals surface area contributed by atoms with E-state index < -0.39 is 0 Å². The summed E-state index contributed by atoms with van der Waals surface area (Å²) in [5, 5.41) is 0. The van der Waals surface area contributed by atoms with Crippen molar-refractivity contribution in [1.82, 2.24) is 0 Å². The van der Waals surface area contributed by atoms with Gasteiger partial charge in [-0.1, -0.05) is 104 Å². The largest absolute Gasteiger partial charge is 0.0654 e. The summed E-state index contributed by atoms with van der Waals surface area (Å²) in [6.45, 7) is 4.58. The van der Waals surface area contributed by atoms with Gasteiger partial charge in [0.15, 0.2) is 0 Å². The van der Waals surface area contributed by atoms with Crippen LogP contribution in [-0.2, 0) is 0 Å². The van der Waals surface area contributed by atoms with Crippen LogP contribution in [0.1, 0.15) is 104 Å². The predicted molar refractivity (Wildman–Crippen MR) is 81.7 cm³/mol. The molecule has 0 fully saturated rings. The molecule has 0 saturated carbocycles. The summed E-state index contributed by atoms with van der Waals surface area (Å²) >= 11 is 0. The van der Waals surface area contributed by atoms with Crippen LogP contribution in [0.25, 0.3) is 0 Å². The van der Waals surface area contributed by atoms with Crippen LogP contribution < -0.4 is 0 Å². The molecule has 0 heterocycles. The van der Waals surface area contributed by atoms with E-state index in [0.717, 1.165) is 0 Å². The second kappa shape index (κ2) is 18.9. The maximum Gasteiger partial charge on any atom is 0 e. The van der Waals surface area contributed by atoms with Crippen LogP contribution in [0.15, 0.2) is 0 Å². The number of unbranched alkanes of at least 4 members (excludes halogenated alkanes) is 13. The van der Waals surface area contributed by atoms with Crippen molar-refractivity contribution in [3.05, 3.63) is 0 Å². The fourth-order valence-electron chi connectivity index (χ4n) is 2.27. The molecule has 0 bridgehead atoms. The van der Waals surface area contributed by atoms with Gasteiger partial charge in [0.25, 0.3) is 0 Å². The van der Waals surface area contributed by atoms with E-state index in [-0.39, 0.29) is 18.9 Å². The maximum atomic E-state index is 2.29. The molecule has 99 valence electrons. The average Bonchev–Trinajstić information content (AvgIpc) is 2.31. The molecule has 0 nitrogen and oxygen atoms in total. The van der Waals surface area contributed by atoms with Crippen molar-refractivity contribution in [2.45, 2.75) is 104 Å². The molecule has 0 aromatic rings. The van der Waals surface area contributed by atoms with E-state index in [4.69, 9.17) is 0 Å². The van der Waals surface area contributed by atoms with Crippen molar-refractivity contribution in [2.24, 2.45) is 0 Å². The SMILES string of the molecule is CCCCCCCCCCCCCCCC.[Li]. The normalized spacial score (nSPS) is 10.2. The van der Waals surface area contributed by atoms with Gasteiger partial charge in [0.05, 0.1) is 0 Å². The van der Waals surface area contributed by atoms with Crippen molar-refractivity contribution in [3.63, 3.8) is 0 Å². The second-order valence-electron chi connectivity index (χ2n) is 5.24. The molecule has 0 unspecified atom stereocenters. The zero-order valence-electron chi connectivity index (χ0n) is 12.9. The molecule has 0 aliphatic heterocycles. The van der Waals surface area contributed by atoms with E-state index in [9.17, 15) is 0 Å². The standard InChI is InChI=1S/C16H34.Li/c1-3-5-7-9-11-13-15-16-14-12-10-8-6-4-2;/h3-16H2,1-2H3;. The summed E-state index contributed by atoms with van der Waals surface area (Å²) in [7, 11) is 0. The first-order valence-electron chi connectivity index (χ1n) is 7.91. The fraction of sp³-hybridized carbons (Fsp3) is 1.00. The fourth-order valence-corrected chi connectivity index (χ4v) is 2.27. The Balaban J connectivity index is 0. The summed E-state index contributed by atoms with van der Waals surface area (Å²) in [4.78, 5) is 0. The van der Waals surface area contributed by atoms with E-state index in [0.29, 0.717) is 0 Å². The van der Waals surface area contributed by atoms with Crippen molar-refractivity contribution in [1.29, 1.82) is 0 Å². The van der Waals surface area contributed by atoms with Gasteiger partial charge in [-0.2, -0.15) is 0 Å². The summed E-state index contributed by atoms with van der Waals surface area (Å²) in [6, 6.07) is 0. The Hall–Kier alpha value is 0.597. The Morgan fingerprint density at radius 3 is 0.706 bits per heavy atom. The van der Waals surface area contributed by atoms with Crippen LogP contribution in [0.2, 0.25) is 0 Å². The molecule has 0 saturated heterocycles. The van der Waals surface area contributed by atoms with Crippen molar-refractivity contribution in [3.8, 4) is 0 Å². The Morgan fingerprint density at radius 2 is 0.529 bits per heavy atom. The number of rotatable bonds is 13. The molecular formula is C16H34Li. The monoisotopic (exact) mass is 233 g/mol. The summed E-state index contributed by atoms with van der Waals surface area (Å²) in [6.07, 6.45) is 20.4. The predicted octanol–water partition coefficient (Wildman–Crippen LogP) is 6.11. The Kier molecular flexibility index (Phi) is 22.2. The molecule has 0 atom stereocenters. The molecule has 0 rings (SSSR count). The zero-order valence-corrected chi connectivity index (χ0v) is 12.9. The van der Waals surface area contributed by atoms with E-state index in [2.05, 4.69) is 13.8 Å². The molecule has 1 heteroatoms. The van der Waals surface area contributed by atoms with Crippen LogP contribution in [-0.4, -0.2) is 18.9 Å². The number of hydrogen-bond donors (Lipinski definition) is 0. The van der Waals surface area contributed by atoms with Crippen LogP contribution in [0.4, 0.5) is 0 Å². The van der Waals surface area contributed by atoms with Gasteiger partial charge in [-0.15, -0.1) is 0 Å². The van der Waals surface area contributed by atoms with E-state index >= 15 is 0 Å². The molecular weight excluding hydrogens is 199 g/mol. The quantitative estimate of drug-likeness (QED) is 0.266. The summed E-state index contributed by atoms with van der Waals surface area (Å²) in [5.74, 6) is 0. The van der Waals surface area contributed by atoms with Gasteiger partial charge in [0.2, 0.25) is 0 Å². The third-order valence-corrected chi connectivity index (χ3v) is 3.46. The van der Waals surface area contributed by atoms with E-state index in [1.807, 2.05) is 0 Å². The topological polar surface area (TPSA) is 0 Å². The zero-order chi connectivity index (χ0) is 11.9. The van der Waals surface area contributed by atoms with Crippen LogP contribution >= 0.6 is 0 Å². The van der Waals surface area contributed by atoms with E-state index in [1.54, 1.807) is 0 Å². The first kappa shape index (κ1) is 19.9. The third kappa shape index (κ3) is 19.1. The summed E-state index contributed by atoms with van der Waals surface area (Å²) < 4.78 is 0. The second-order valence-corrected chi connectivity index (χ2v) is 5.24. The van der Waals surface area contributed by atoms with Gasteiger partial charge >= 0.3 is 0 Å². The van der Waals surface area contributed by atoms with Crippen molar-refractivity contribution >= 4 is 18.9 Å². The molecule has 0 aromatic carbocycles. The minimum Gasteiger partial charge on any atom is -0.0654 e. The smallest absolute Gasteiger partial charge is 0 e. The first-order valence-corrected chi connectivity index (χ1v) is 7.91. The third-order valence-electron chi connectivity index (χ3n) is 3.46. The minimum absolute atomic E-state index is 0. The van der Waals surface area contributed by atoms with Crippen molar-refractivity contribution in [2.75, 3.05) is 0 Å². The minimum atomic E-state index is 0. The molecule has 1 radical (unpaired) electrons. The van der Waals surface area contributed by atoms with Gasteiger partial charge < -0.3 is 0 Å². The van der Waals surface area contributed by atoms with Gasteiger partial charge in [0, 0.05) is 18.9 Å². The Morgan fingerprint density at radius 1 is 0.353 bits per heavy atom. The molecule has 0 N–H and O–H groups in total. The van der Waals surface area contributed by atoms with Gasteiger partial charge in [-0.25, -0.2) is 0 Å². The number of hydrogen-bond acceptors (Lipinski definition) is 0. The van der Waals surface area contributed by atoms with Crippen LogP contribution in [0.3, 0.4) is 0 Å². The Labute approximate surface area is 123 Å². The molecule has 0 aliphatic carbocycles. The molecule has 0 aromatic heterocycles. The maximum absolute atomic E-state index is 2.29. The first-order chi connectivity index (χ1) is 7.91. The average molecular weight is 233 g/mol. The van der Waals surface area contributed by atoms with Crippen LogP contribution in [0, 0.1) is 0 Å². The van der Waals surface area contributed by atoms with Gasteiger partial charge in [0.1, 0.15) is 0 Å². The Bertz CT molecular complexity index is 98.1. The molecule has 17 heavy (non-hydrogen) atoms. The molecule has 0 aliphatic rings. The van der Waals surface area contributed by atoms with Gasteiger partial charge in [-0.3, -0.25) is 0 Å². The molecule has 0 amide bonds. The van der Waals surface area contributed by atoms with Crippen LogP contribution in [0.5, 0.6) is 0 Å². The van der Waals surface area contributed by atoms with Crippen molar-refractivity contribution < 1.29 is 0 Å². The molecule has 0 spiro atoms. The summed E-state index contributed by atoms with van der Waals surface area (Å²) in [5.41, 5.74) is 0. The van der Waals surface area contributed by atoms with E-state index in [1.165, 1.54) is 89.9 Å².